The number of amides is 1. The van der Waals surface area contributed by atoms with E-state index in [2.05, 4.69) is 5.32 Å². The maximum atomic E-state index is 12.8. The van der Waals surface area contributed by atoms with Crippen LogP contribution < -0.4 is 5.32 Å². The van der Waals surface area contributed by atoms with E-state index in [-0.39, 0.29) is 18.5 Å². The summed E-state index contributed by atoms with van der Waals surface area (Å²) in [6.45, 7) is 4.00. The number of hydrogen-bond donors (Lipinski definition) is 1. The summed E-state index contributed by atoms with van der Waals surface area (Å²) >= 11 is 0. The molecule has 1 aliphatic rings. The van der Waals surface area contributed by atoms with Crippen LogP contribution in [0.3, 0.4) is 0 Å². The van der Waals surface area contributed by atoms with Crippen molar-refractivity contribution >= 4 is 5.91 Å². The standard InChI is InChI=1S/C14H17F3N2O/c1-3-9(2)19-12(20)8-18-13(19)10-5-4-6-11(7-10)14(15,16)17/h4-7,9,13,18H,3,8H2,1-2H3. The zero-order valence-electron chi connectivity index (χ0n) is 11.4. The van der Waals surface area contributed by atoms with E-state index >= 15 is 0 Å². The molecule has 1 saturated heterocycles. The molecule has 1 aliphatic heterocycles. The zero-order chi connectivity index (χ0) is 14.9. The lowest BCUT2D eigenvalue weighted by molar-refractivity contribution is -0.137. The Kier molecular flexibility index (Phi) is 4.04. The third-order valence-electron chi connectivity index (χ3n) is 3.61. The molecule has 0 bridgehead atoms. The fourth-order valence-corrected chi connectivity index (χ4v) is 2.38. The van der Waals surface area contributed by atoms with Gasteiger partial charge in [0.1, 0.15) is 6.17 Å². The van der Waals surface area contributed by atoms with Gasteiger partial charge in [0.2, 0.25) is 5.91 Å². The third kappa shape index (κ3) is 2.80. The molecule has 0 aromatic heterocycles. The average molecular weight is 286 g/mol. The molecule has 3 nitrogen and oxygen atoms in total. The van der Waals surface area contributed by atoms with Crippen LogP contribution in [-0.4, -0.2) is 23.4 Å². The predicted octanol–water partition coefficient (Wildman–Crippen LogP) is 2.93. The van der Waals surface area contributed by atoms with Crippen molar-refractivity contribution in [2.45, 2.75) is 38.7 Å². The van der Waals surface area contributed by atoms with E-state index in [9.17, 15) is 18.0 Å². The van der Waals surface area contributed by atoms with Crippen LogP contribution in [-0.2, 0) is 11.0 Å². The van der Waals surface area contributed by atoms with Gasteiger partial charge in [-0.05, 0) is 31.0 Å². The van der Waals surface area contributed by atoms with Crippen LogP contribution in [0.15, 0.2) is 24.3 Å². The number of alkyl halides is 3. The van der Waals surface area contributed by atoms with Crippen molar-refractivity contribution in [3.8, 4) is 0 Å². The summed E-state index contributed by atoms with van der Waals surface area (Å²) in [4.78, 5) is 13.5. The summed E-state index contributed by atoms with van der Waals surface area (Å²) < 4.78 is 38.3. The highest BCUT2D eigenvalue weighted by Crippen LogP contribution is 2.33. The normalized spacial score (nSPS) is 21.4. The second-order valence-corrected chi connectivity index (χ2v) is 4.96. The van der Waals surface area contributed by atoms with Crippen molar-refractivity contribution in [3.63, 3.8) is 0 Å². The van der Waals surface area contributed by atoms with Gasteiger partial charge in [0.15, 0.2) is 0 Å². The summed E-state index contributed by atoms with van der Waals surface area (Å²) in [5.41, 5.74) is -0.230. The fraction of sp³-hybridized carbons (Fsp3) is 0.500. The first-order chi connectivity index (χ1) is 9.34. The molecule has 6 heteroatoms. The molecule has 2 atom stereocenters. The van der Waals surface area contributed by atoms with Gasteiger partial charge in [-0.15, -0.1) is 0 Å². The first-order valence-electron chi connectivity index (χ1n) is 6.56. The Balaban J connectivity index is 2.33. The molecule has 1 N–H and O–H groups in total. The van der Waals surface area contributed by atoms with Gasteiger partial charge in [-0.3, -0.25) is 10.1 Å². The Morgan fingerprint density at radius 3 is 2.75 bits per heavy atom. The molecule has 2 rings (SSSR count). The van der Waals surface area contributed by atoms with E-state index in [4.69, 9.17) is 0 Å². The summed E-state index contributed by atoms with van der Waals surface area (Å²) in [6.07, 6.45) is -4.11. The van der Waals surface area contributed by atoms with Crippen LogP contribution in [0.5, 0.6) is 0 Å². The highest BCUT2D eigenvalue weighted by atomic mass is 19.4. The SMILES string of the molecule is CCC(C)N1C(=O)CNC1c1cccc(C(F)(F)F)c1. The molecule has 0 aliphatic carbocycles. The van der Waals surface area contributed by atoms with Crippen LogP contribution in [0, 0.1) is 0 Å². The van der Waals surface area contributed by atoms with Crippen molar-refractivity contribution in [1.82, 2.24) is 10.2 Å². The van der Waals surface area contributed by atoms with E-state index in [1.807, 2.05) is 13.8 Å². The molecule has 0 spiro atoms. The van der Waals surface area contributed by atoms with Crippen molar-refractivity contribution in [1.29, 1.82) is 0 Å². The van der Waals surface area contributed by atoms with Gasteiger partial charge in [-0.2, -0.15) is 13.2 Å². The number of carbonyl (C=O) groups excluding carboxylic acids is 1. The molecular weight excluding hydrogens is 269 g/mol. The molecule has 0 radical (unpaired) electrons. The van der Waals surface area contributed by atoms with Crippen molar-refractivity contribution in [3.05, 3.63) is 35.4 Å². The largest absolute Gasteiger partial charge is 0.416 e. The molecule has 1 fully saturated rings. The first-order valence-corrected chi connectivity index (χ1v) is 6.56. The number of hydrogen-bond acceptors (Lipinski definition) is 2. The van der Waals surface area contributed by atoms with E-state index in [0.717, 1.165) is 18.6 Å². The number of nitrogens with zero attached hydrogens (tertiary/aromatic N) is 1. The van der Waals surface area contributed by atoms with Crippen LogP contribution in [0.4, 0.5) is 13.2 Å². The van der Waals surface area contributed by atoms with Crippen LogP contribution in [0.1, 0.15) is 37.6 Å². The minimum atomic E-state index is -4.38. The molecule has 2 unspecified atom stereocenters. The number of halogens is 3. The van der Waals surface area contributed by atoms with Gasteiger partial charge in [-0.1, -0.05) is 19.1 Å². The Labute approximate surface area is 115 Å². The smallest absolute Gasteiger partial charge is 0.319 e. The minimum absolute atomic E-state index is 0.0166. The fourth-order valence-electron chi connectivity index (χ4n) is 2.38. The number of rotatable bonds is 3. The van der Waals surface area contributed by atoms with E-state index < -0.39 is 17.9 Å². The average Bonchev–Trinajstić information content (AvgIpc) is 2.79. The van der Waals surface area contributed by atoms with Crippen molar-refractivity contribution in [2.24, 2.45) is 0 Å². The van der Waals surface area contributed by atoms with E-state index in [1.165, 1.54) is 6.07 Å². The van der Waals surface area contributed by atoms with Gasteiger partial charge in [0, 0.05) is 6.04 Å². The Bertz CT molecular complexity index is 501. The summed E-state index contributed by atoms with van der Waals surface area (Å²) in [6, 6.07) is 5.11. The molecule has 1 aromatic rings. The first kappa shape index (κ1) is 14.8. The van der Waals surface area contributed by atoms with Crippen LogP contribution >= 0.6 is 0 Å². The zero-order valence-corrected chi connectivity index (χ0v) is 11.4. The van der Waals surface area contributed by atoms with Gasteiger partial charge >= 0.3 is 6.18 Å². The Hall–Kier alpha value is -1.56. The third-order valence-corrected chi connectivity index (χ3v) is 3.61. The number of carbonyl (C=O) groups is 1. The van der Waals surface area contributed by atoms with E-state index in [0.29, 0.717) is 5.56 Å². The summed E-state index contributed by atoms with van der Waals surface area (Å²) in [5, 5.41) is 2.98. The molecule has 20 heavy (non-hydrogen) atoms. The highest BCUT2D eigenvalue weighted by Gasteiger charge is 2.36. The predicted molar refractivity (Wildman–Crippen MR) is 68.8 cm³/mol. The maximum Gasteiger partial charge on any atom is 0.416 e. The van der Waals surface area contributed by atoms with Crippen molar-refractivity contribution in [2.75, 3.05) is 6.54 Å². The molecule has 1 amide bonds. The lowest BCUT2D eigenvalue weighted by Crippen LogP contribution is -2.37. The topological polar surface area (TPSA) is 32.3 Å². The monoisotopic (exact) mass is 286 g/mol. The molecule has 0 saturated carbocycles. The number of benzene rings is 1. The van der Waals surface area contributed by atoms with Gasteiger partial charge in [0.05, 0.1) is 12.1 Å². The second-order valence-electron chi connectivity index (χ2n) is 4.96. The lowest BCUT2D eigenvalue weighted by Gasteiger charge is -2.30. The van der Waals surface area contributed by atoms with Crippen LogP contribution in [0.2, 0.25) is 0 Å². The Morgan fingerprint density at radius 1 is 1.45 bits per heavy atom. The van der Waals surface area contributed by atoms with Crippen LogP contribution in [0.25, 0.3) is 0 Å². The van der Waals surface area contributed by atoms with E-state index in [1.54, 1.807) is 11.0 Å². The summed E-state index contributed by atoms with van der Waals surface area (Å²) in [5.74, 6) is -0.0817. The summed E-state index contributed by atoms with van der Waals surface area (Å²) in [7, 11) is 0. The molecule has 1 heterocycles. The minimum Gasteiger partial charge on any atom is -0.319 e. The van der Waals surface area contributed by atoms with Gasteiger partial charge in [0.25, 0.3) is 0 Å². The Morgan fingerprint density at radius 2 is 2.15 bits per heavy atom. The molecule has 110 valence electrons. The lowest BCUT2D eigenvalue weighted by atomic mass is 10.1. The van der Waals surface area contributed by atoms with Gasteiger partial charge < -0.3 is 4.90 Å². The van der Waals surface area contributed by atoms with Crippen molar-refractivity contribution < 1.29 is 18.0 Å². The molecule has 1 aromatic carbocycles. The van der Waals surface area contributed by atoms with Gasteiger partial charge in [-0.25, -0.2) is 0 Å². The maximum absolute atomic E-state index is 12.8. The highest BCUT2D eigenvalue weighted by molar-refractivity contribution is 5.81. The quantitative estimate of drug-likeness (QED) is 0.926. The molecular formula is C14H17F3N2O. The second kappa shape index (κ2) is 5.44. The number of nitrogens with one attached hydrogen (secondary N) is 1.